The second-order valence-electron chi connectivity index (χ2n) is 7.88. The lowest BCUT2D eigenvalue weighted by Crippen LogP contribution is -2.26. The van der Waals surface area contributed by atoms with Gasteiger partial charge in [0.1, 0.15) is 11.6 Å². The van der Waals surface area contributed by atoms with Crippen molar-refractivity contribution >= 4 is 28.5 Å². The van der Waals surface area contributed by atoms with E-state index in [9.17, 15) is 4.79 Å². The fourth-order valence-electron chi connectivity index (χ4n) is 3.73. The Hall–Kier alpha value is -3.38. The maximum absolute atomic E-state index is 12.3. The van der Waals surface area contributed by atoms with Gasteiger partial charge in [0.2, 0.25) is 0 Å². The number of ether oxygens (including phenoxy) is 1. The van der Waals surface area contributed by atoms with E-state index in [1.807, 2.05) is 43.3 Å². The number of nitrogens with one attached hydrogen (secondary N) is 1. The van der Waals surface area contributed by atoms with E-state index in [0.29, 0.717) is 25.1 Å². The number of amides is 1. The third kappa shape index (κ3) is 5.90. The molecule has 1 N–H and O–H groups in total. The molecule has 4 aromatic rings. The van der Waals surface area contributed by atoms with Crippen molar-refractivity contribution in [2.45, 2.75) is 32.7 Å². The molecule has 0 aliphatic rings. The highest BCUT2D eigenvalue weighted by Crippen LogP contribution is 2.21. The summed E-state index contributed by atoms with van der Waals surface area (Å²) in [6.45, 7) is 3.98. The lowest BCUT2D eigenvalue weighted by molar-refractivity contribution is 0.0954. The number of pyridine rings is 1. The van der Waals surface area contributed by atoms with Gasteiger partial charge in [0, 0.05) is 42.5 Å². The Morgan fingerprint density at radius 2 is 1.91 bits per heavy atom. The smallest absolute Gasteiger partial charge is 0.251 e. The van der Waals surface area contributed by atoms with Crippen molar-refractivity contribution in [3.05, 3.63) is 89.0 Å². The second-order valence-corrected chi connectivity index (χ2v) is 8.28. The van der Waals surface area contributed by atoms with Crippen LogP contribution in [-0.4, -0.2) is 33.6 Å². The second kappa shape index (κ2) is 11.0. The standard InChI is InChI=1S/C26H27ClN4O2/c1-19-18-21(8-9-22(19)27)33-17-5-4-16-31-24-7-3-2-6-23(24)30-25(31)12-15-29-26(32)20-10-13-28-14-11-20/h2-3,6-11,13-14,18H,4-5,12,15-17H2,1H3,(H,29,32). The minimum absolute atomic E-state index is 0.102. The van der Waals surface area contributed by atoms with E-state index in [1.165, 1.54) is 0 Å². The van der Waals surface area contributed by atoms with Gasteiger partial charge in [-0.1, -0.05) is 23.7 Å². The molecular weight excluding hydrogens is 436 g/mol. The molecule has 0 atom stereocenters. The van der Waals surface area contributed by atoms with Gasteiger partial charge in [0.25, 0.3) is 5.91 Å². The zero-order chi connectivity index (χ0) is 23.0. The molecule has 0 fully saturated rings. The molecule has 1 amide bonds. The van der Waals surface area contributed by atoms with Gasteiger partial charge in [0.05, 0.1) is 17.6 Å². The van der Waals surface area contributed by atoms with Crippen molar-refractivity contribution in [2.75, 3.05) is 13.2 Å². The van der Waals surface area contributed by atoms with Crippen LogP contribution >= 0.6 is 11.6 Å². The van der Waals surface area contributed by atoms with Crippen LogP contribution in [0.5, 0.6) is 5.75 Å². The Balaban J connectivity index is 1.32. The number of benzene rings is 2. The van der Waals surface area contributed by atoms with Crippen molar-refractivity contribution < 1.29 is 9.53 Å². The molecule has 0 saturated heterocycles. The molecule has 7 heteroatoms. The van der Waals surface area contributed by atoms with Gasteiger partial charge >= 0.3 is 0 Å². The number of halogens is 1. The number of fused-ring (bicyclic) bond motifs is 1. The summed E-state index contributed by atoms with van der Waals surface area (Å²) in [7, 11) is 0. The number of aryl methyl sites for hydroxylation is 2. The molecular formula is C26H27ClN4O2. The van der Waals surface area contributed by atoms with E-state index in [2.05, 4.69) is 20.9 Å². The summed E-state index contributed by atoms with van der Waals surface area (Å²) in [5, 5.41) is 3.72. The van der Waals surface area contributed by atoms with Gasteiger partial charge in [-0.15, -0.1) is 0 Å². The zero-order valence-corrected chi connectivity index (χ0v) is 19.4. The minimum Gasteiger partial charge on any atom is -0.494 e. The normalized spacial score (nSPS) is 11.0. The Bertz CT molecular complexity index is 1220. The molecule has 0 radical (unpaired) electrons. The topological polar surface area (TPSA) is 69.0 Å². The average molecular weight is 463 g/mol. The number of para-hydroxylation sites is 2. The summed E-state index contributed by atoms with van der Waals surface area (Å²) in [5.41, 5.74) is 3.71. The van der Waals surface area contributed by atoms with E-state index in [4.69, 9.17) is 21.3 Å². The first-order valence-electron chi connectivity index (χ1n) is 11.1. The van der Waals surface area contributed by atoms with E-state index in [0.717, 1.165) is 52.6 Å². The predicted octanol–water partition coefficient (Wildman–Crippen LogP) is 5.22. The van der Waals surface area contributed by atoms with E-state index < -0.39 is 0 Å². The third-order valence-corrected chi connectivity index (χ3v) is 5.91. The first-order valence-corrected chi connectivity index (χ1v) is 11.5. The maximum Gasteiger partial charge on any atom is 0.251 e. The lowest BCUT2D eigenvalue weighted by atomic mass is 10.2. The highest BCUT2D eigenvalue weighted by molar-refractivity contribution is 6.31. The molecule has 0 unspecified atom stereocenters. The third-order valence-electron chi connectivity index (χ3n) is 5.48. The molecule has 0 aliphatic heterocycles. The molecule has 0 spiro atoms. The van der Waals surface area contributed by atoms with Gasteiger partial charge in [-0.3, -0.25) is 9.78 Å². The fraction of sp³-hybridized carbons (Fsp3) is 0.269. The number of carbonyl (C=O) groups is 1. The van der Waals surface area contributed by atoms with Crippen molar-refractivity contribution in [3.8, 4) is 5.75 Å². The summed E-state index contributed by atoms with van der Waals surface area (Å²) in [6, 6.07) is 17.3. The van der Waals surface area contributed by atoms with Crippen LogP contribution in [0.1, 0.15) is 34.6 Å². The Kier molecular flexibility index (Phi) is 7.58. The van der Waals surface area contributed by atoms with Gasteiger partial charge in [-0.2, -0.15) is 0 Å². The summed E-state index contributed by atoms with van der Waals surface area (Å²) >= 11 is 6.08. The van der Waals surface area contributed by atoms with Crippen LogP contribution in [0, 0.1) is 6.92 Å². The Morgan fingerprint density at radius 3 is 2.73 bits per heavy atom. The lowest BCUT2D eigenvalue weighted by Gasteiger charge is -2.11. The SMILES string of the molecule is Cc1cc(OCCCCn2c(CCNC(=O)c3ccncc3)nc3ccccc32)ccc1Cl. The first-order chi connectivity index (χ1) is 16.1. The van der Waals surface area contributed by atoms with E-state index >= 15 is 0 Å². The summed E-state index contributed by atoms with van der Waals surface area (Å²) in [4.78, 5) is 21.1. The van der Waals surface area contributed by atoms with Crippen LogP contribution in [0.15, 0.2) is 67.0 Å². The van der Waals surface area contributed by atoms with Crippen LogP contribution in [-0.2, 0) is 13.0 Å². The summed E-state index contributed by atoms with van der Waals surface area (Å²) < 4.78 is 8.13. The quantitative estimate of drug-likeness (QED) is 0.328. The highest BCUT2D eigenvalue weighted by atomic mass is 35.5. The van der Waals surface area contributed by atoms with Crippen LogP contribution in [0.25, 0.3) is 11.0 Å². The van der Waals surface area contributed by atoms with E-state index in [1.54, 1.807) is 24.5 Å². The molecule has 0 saturated carbocycles. The van der Waals surface area contributed by atoms with Crippen molar-refractivity contribution in [2.24, 2.45) is 0 Å². The molecule has 4 rings (SSSR count). The van der Waals surface area contributed by atoms with Gasteiger partial charge in [-0.05, 0) is 67.8 Å². The maximum atomic E-state index is 12.3. The van der Waals surface area contributed by atoms with Crippen LogP contribution < -0.4 is 10.1 Å². The van der Waals surface area contributed by atoms with Crippen LogP contribution in [0.4, 0.5) is 0 Å². The average Bonchev–Trinajstić information content (AvgIpc) is 3.19. The van der Waals surface area contributed by atoms with Gasteiger partial charge in [0.15, 0.2) is 0 Å². The predicted molar refractivity (Wildman–Crippen MR) is 131 cm³/mol. The molecule has 33 heavy (non-hydrogen) atoms. The zero-order valence-electron chi connectivity index (χ0n) is 18.6. The Labute approximate surface area is 198 Å². The molecule has 6 nitrogen and oxygen atoms in total. The summed E-state index contributed by atoms with van der Waals surface area (Å²) in [5.74, 6) is 1.71. The molecule has 2 aromatic carbocycles. The van der Waals surface area contributed by atoms with Crippen LogP contribution in [0.3, 0.4) is 0 Å². The van der Waals surface area contributed by atoms with Crippen molar-refractivity contribution in [3.63, 3.8) is 0 Å². The molecule has 2 heterocycles. The number of nitrogens with zero attached hydrogens (tertiary/aromatic N) is 3. The minimum atomic E-state index is -0.102. The van der Waals surface area contributed by atoms with Crippen LogP contribution in [0.2, 0.25) is 5.02 Å². The van der Waals surface area contributed by atoms with Gasteiger partial charge in [-0.25, -0.2) is 4.98 Å². The van der Waals surface area contributed by atoms with E-state index in [-0.39, 0.29) is 5.91 Å². The number of carbonyl (C=O) groups excluding carboxylic acids is 1. The van der Waals surface area contributed by atoms with Crippen molar-refractivity contribution in [1.82, 2.24) is 19.9 Å². The molecule has 170 valence electrons. The number of hydrogen-bond donors (Lipinski definition) is 1. The molecule has 0 bridgehead atoms. The largest absolute Gasteiger partial charge is 0.494 e. The fourth-order valence-corrected chi connectivity index (χ4v) is 3.85. The van der Waals surface area contributed by atoms with Crippen molar-refractivity contribution in [1.29, 1.82) is 0 Å². The number of aromatic nitrogens is 3. The first kappa shape index (κ1) is 22.8. The monoisotopic (exact) mass is 462 g/mol. The molecule has 2 aromatic heterocycles. The highest BCUT2D eigenvalue weighted by Gasteiger charge is 2.11. The number of rotatable bonds is 10. The number of hydrogen-bond acceptors (Lipinski definition) is 4. The number of imidazole rings is 1. The summed E-state index contributed by atoms with van der Waals surface area (Å²) in [6.07, 6.45) is 5.78. The number of unbranched alkanes of at least 4 members (excludes halogenated alkanes) is 1. The molecule has 0 aliphatic carbocycles. The Morgan fingerprint density at radius 1 is 1.09 bits per heavy atom. The van der Waals surface area contributed by atoms with Gasteiger partial charge < -0.3 is 14.6 Å².